The largest absolute Gasteiger partial charge is 0.383 e. The summed E-state index contributed by atoms with van der Waals surface area (Å²) < 4.78 is 44.4. The summed E-state index contributed by atoms with van der Waals surface area (Å²) in [6, 6.07) is 5.20. The predicted octanol–water partition coefficient (Wildman–Crippen LogP) is 0.149. The summed E-state index contributed by atoms with van der Waals surface area (Å²) in [6.07, 6.45) is 0. The Morgan fingerprint density at radius 3 is 2.48 bits per heavy atom. The smallest absolute Gasteiger partial charge is 0.253 e. The van der Waals surface area contributed by atoms with Crippen LogP contribution < -0.4 is 5.32 Å². The highest BCUT2D eigenvalue weighted by Gasteiger charge is 2.25. The van der Waals surface area contributed by atoms with Crippen molar-refractivity contribution in [3.63, 3.8) is 0 Å². The Bertz CT molecular complexity index is 660. The normalized spacial score (nSPS) is 15.9. The Kier molecular flexibility index (Phi) is 7.30. The maximum atomic E-state index is 13.0. The molecule has 1 saturated heterocycles. The lowest BCUT2D eigenvalue weighted by Crippen LogP contribution is -2.48. The maximum absolute atomic E-state index is 13.0. The van der Waals surface area contributed by atoms with Gasteiger partial charge >= 0.3 is 0 Å². The van der Waals surface area contributed by atoms with E-state index in [2.05, 4.69) is 5.32 Å². The van der Waals surface area contributed by atoms with E-state index in [-0.39, 0.29) is 24.7 Å². The van der Waals surface area contributed by atoms with Crippen molar-refractivity contribution in [3.05, 3.63) is 35.6 Å². The van der Waals surface area contributed by atoms with Crippen molar-refractivity contribution >= 4 is 15.9 Å². The average molecular weight is 373 g/mol. The first-order chi connectivity index (χ1) is 11.9. The van der Waals surface area contributed by atoms with Gasteiger partial charge in [0.2, 0.25) is 10.0 Å². The fourth-order valence-corrected chi connectivity index (χ4v) is 4.02. The number of nitrogens with zero attached hydrogens (tertiary/aromatic N) is 2. The number of sulfonamides is 1. The van der Waals surface area contributed by atoms with Gasteiger partial charge in [-0.2, -0.15) is 4.31 Å². The second-order valence-corrected chi connectivity index (χ2v) is 7.85. The minimum absolute atomic E-state index is 0.0613. The highest BCUT2D eigenvalue weighted by Crippen LogP contribution is 2.09. The number of ether oxygens (including phenoxy) is 1. The third-order valence-electron chi connectivity index (χ3n) is 4.03. The van der Waals surface area contributed by atoms with Crippen molar-refractivity contribution in [1.82, 2.24) is 14.5 Å². The molecule has 0 aromatic heterocycles. The van der Waals surface area contributed by atoms with Crippen LogP contribution in [0.5, 0.6) is 0 Å². The number of hydrogen-bond acceptors (Lipinski definition) is 5. The van der Waals surface area contributed by atoms with E-state index in [1.807, 2.05) is 0 Å². The van der Waals surface area contributed by atoms with E-state index in [1.165, 1.54) is 40.6 Å². The van der Waals surface area contributed by atoms with Gasteiger partial charge in [0.1, 0.15) is 5.82 Å². The molecule has 1 aliphatic rings. The number of methoxy groups -OCH3 is 1. The first-order valence-electron chi connectivity index (χ1n) is 8.16. The number of rotatable bonds is 8. The molecule has 1 fully saturated rings. The van der Waals surface area contributed by atoms with Crippen LogP contribution in [-0.4, -0.2) is 82.3 Å². The van der Waals surface area contributed by atoms with E-state index in [0.29, 0.717) is 38.3 Å². The molecule has 1 N–H and O–H groups in total. The second-order valence-electron chi connectivity index (χ2n) is 5.76. The van der Waals surface area contributed by atoms with E-state index < -0.39 is 15.8 Å². The number of carbonyl (C=O) groups is 1. The number of nitrogens with one attached hydrogen (secondary N) is 1. The summed E-state index contributed by atoms with van der Waals surface area (Å²) in [4.78, 5) is 14.0. The van der Waals surface area contributed by atoms with E-state index in [0.717, 1.165) is 0 Å². The van der Waals surface area contributed by atoms with Gasteiger partial charge in [-0.25, -0.2) is 12.8 Å². The molecule has 1 aliphatic heterocycles. The number of halogens is 1. The summed E-state index contributed by atoms with van der Waals surface area (Å²) in [5.41, 5.74) is 0.317. The number of piperazine rings is 1. The van der Waals surface area contributed by atoms with Crippen molar-refractivity contribution in [2.45, 2.75) is 0 Å². The second kappa shape index (κ2) is 9.23. The van der Waals surface area contributed by atoms with E-state index >= 15 is 0 Å². The minimum atomic E-state index is -3.43. The van der Waals surface area contributed by atoms with Gasteiger partial charge in [-0.3, -0.25) is 4.79 Å². The van der Waals surface area contributed by atoms with Crippen molar-refractivity contribution in [3.8, 4) is 0 Å². The van der Waals surface area contributed by atoms with Gasteiger partial charge in [0.25, 0.3) is 5.91 Å². The van der Waals surface area contributed by atoms with Gasteiger partial charge in [-0.05, 0) is 24.3 Å². The number of hydrogen-bond donors (Lipinski definition) is 1. The van der Waals surface area contributed by atoms with Crippen molar-refractivity contribution in [2.75, 3.05) is 58.7 Å². The van der Waals surface area contributed by atoms with Gasteiger partial charge in [0.15, 0.2) is 0 Å². The fourth-order valence-electron chi connectivity index (χ4n) is 2.57. The third-order valence-corrected chi connectivity index (χ3v) is 5.88. The first-order valence-corrected chi connectivity index (χ1v) is 9.77. The van der Waals surface area contributed by atoms with Crippen LogP contribution in [0.3, 0.4) is 0 Å². The minimum Gasteiger partial charge on any atom is -0.383 e. The van der Waals surface area contributed by atoms with Gasteiger partial charge in [-0.15, -0.1) is 0 Å². The molecular weight excluding hydrogens is 349 g/mol. The topological polar surface area (TPSA) is 79.0 Å². The van der Waals surface area contributed by atoms with Crippen LogP contribution in [0.15, 0.2) is 24.3 Å². The summed E-state index contributed by atoms with van der Waals surface area (Å²) >= 11 is 0. The van der Waals surface area contributed by atoms with Gasteiger partial charge in [-0.1, -0.05) is 0 Å². The SMILES string of the molecule is COCCN(CCS(=O)(=O)N1CCNCC1)C(=O)c1ccc(F)cc1. The zero-order valence-electron chi connectivity index (χ0n) is 14.3. The van der Waals surface area contributed by atoms with Crippen LogP contribution >= 0.6 is 0 Å². The van der Waals surface area contributed by atoms with E-state index in [9.17, 15) is 17.6 Å². The third kappa shape index (κ3) is 5.74. The Morgan fingerprint density at radius 1 is 1.24 bits per heavy atom. The summed E-state index contributed by atoms with van der Waals surface area (Å²) in [5, 5.41) is 3.11. The lowest BCUT2D eigenvalue weighted by atomic mass is 10.2. The van der Waals surface area contributed by atoms with Crippen LogP contribution in [0, 0.1) is 5.82 Å². The Balaban J connectivity index is 2.03. The molecule has 0 aliphatic carbocycles. The van der Waals surface area contributed by atoms with Crippen LogP contribution in [0.1, 0.15) is 10.4 Å². The quantitative estimate of drug-likeness (QED) is 0.702. The van der Waals surface area contributed by atoms with Crippen LogP contribution in [0.2, 0.25) is 0 Å². The molecule has 0 bridgehead atoms. The zero-order chi connectivity index (χ0) is 18.3. The molecule has 2 rings (SSSR count). The maximum Gasteiger partial charge on any atom is 0.253 e. The molecule has 1 amide bonds. The van der Waals surface area contributed by atoms with Gasteiger partial charge < -0.3 is 15.0 Å². The van der Waals surface area contributed by atoms with Crippen LogP contribution in [0.4, 0.5) is 4.39 Å². The zero-order valence-corrected chi connectivity index (χ0v) is 15.1. The molecule has 1 aromatic rings. The molecule has 1 heterocycles. The number of benzene rings is 1. The van der Waals surface area contributed by atoms with Crippen LogP contribution in [-0.2, 0) is 14.8 Å². The number of carbonyl (C=O) groups excluding carboxylic acids is 1. The highest BCUT2D eigenvalue weighted by atomic mass is 32.2. The molecule has 25 heavy (non-hydrogen) atoms. The lowest BCUT2D eigenvalue weighted by Gasteiger charge is -2.28. The van der Waals surface area contributed by atoms with Crippen molar-refractivity contribution < 1.29 is 22.3 Å². The molecule has 0 radical (unpaired) electrons. The number of amides is 1. The highest BCUT2D eigenvalue weighted by molar-refractivity contribution is 7.89. The van der Waals surface area contributed by atoms with E-state index in [4.69, 9.17) is 4.74 Å². The molecule has 9 heteroatoms. The standard InChI is InChI=1S/C16H24FN3O4S/c1-24-12-10-19(16(21)14-2-4-15(17)5-3-14)11-13-25(22,23)20-8-6-18-7-9-20/h2-5,18H,6-13H2,1H3. The Labute approximate surface area is 147 Å². The Morgan fingerprint density at radius 2 is 1.88 bits per heavy atom. The van der Waals surface area contributed by atoms with E-state index in [1.54, 1.807) is 0 Å². The molecule has 0 spiro atoms. The molecule has 0 unspecified atom stereocenters. The molecular formula is C16H24FN3O4S. The molecule has 1 aromatic carbocycles. The van der Waals surface area contributed by atoms with Gasteiger partial charge in [0.05, 0.1) is 12.4 Å². The Hall–Kier alpha value is -1.55. The molecule has 0 atom stereocenters. The summed E-state index contributed by atoms with van der Waals surface area (Å²) in [5.74, 6) is -0.919. The van der Waals surface area contributed by atoms with Crippen molar-refractivity contribution in [1.29, 1.82) is 0 Å². The average Bonchev–Trinajstić information content (AvgIpc) is 2.62. The molecule has 7 nitrogen and oxygen atoms in total. The first kappa shape index (κ1) is 19.8. The lowest BCUT2D eigenvalue weighted by molar-refractivity contribution is 0.0707. The predicted molar refractivity (Wildman–Crippen MR) is 92.4 cm³/mol. The monoisotopic (exact) mass is 373 g/mol. The summed E-state index contributed by atoms with van der Waals surface area (Å²) in [6.45, 7) is 2.75. The molecule has 140 valence electrons. The molecule has 0 saturated carbocycles. The fraction of sp³-hybridized carbons (Fsp3) is 0.562. The summed E-state index contributed by atoms with van der Waals surface area (Å²) in [7, 11) is -1.92. The van der Waals surface area contributed by atoms with Crippen molar-refractivity contribution in [2.24, 2.45) is 0 Å². The van der Waals surface area contributed by atoms with Crippen LogP contribution in [0.25, 0.3) is 0 Å². The van der Waals surface area contributed by atoms with Gasteiger partial charge in [0, 0.05) is 51.9 Å².